The minimum atomic E-state index is -3.35. The van der Waals surface area contributed by atoms with Crippen LogP contribution in [0.25, 0.3) is 0 Å². The molecule has 1 aromatic rings. The van der Waals surface area contributed by atoms with Gasteiger partial charge in [-0.05, 0) is 36.8 Å². The van der Waals surface area contributed by atoms with Gasteiger partial charge in [-0.3, -0.25) is 0 Å². The van der Waals surface area contributed by atoms with Crippen molar-refractivity contribution in [3.63, 3.8) is 0 Å². The van der Waals surface area contributed by atoms with Crippen LogP contribution in [0.5, 0.6) is 0 Å². The molecule has 1 N–H and O–H groups in total. The van der Waals surface area contributed by atoms with Crippen molar-refractivity contribution in [1.29, 1.82) is 0 Å². The van der Waals surface area contributed by atoms with Crippen LogP contribution >= 0.6 is 11.3 Å². The van der Waals surface area contributed by atoms with Crippen LogP contribution in [0.2, 0.25) is 0 Å². The monoisotopic (exact) mass is 316 g/mol. The van der Waals surface area contributed by atoms with E-state index in [4.69, 9.17) is 0 Å². The number of hydrogen-bond donors (Lipinski definition) is 1. The smallest absolute Gasteiger partial charge is 0.244 e. The van der Waals surface area contributed by atoms with Gasteiger partial charge >= 0.3 is 0 Å². The third-order valence-electron chi connectivity index (χ3n) is 3.84. The molecule has 1 aliphatic rings. The van der Waals surface area contributed by atoms with Crippen molar-refractivity contribution in [3.8, 4) is 0 Å². The summed E-state index contributed by atoms with van der Waals surface area (Å²) in [6.45, 7) is 8.36. The predicted octanol–water partition coefficient (Wildman–Crippen LogP) is 2.67. The maximum Gasteiger partial charge on any atom is 0.244 e. The number of thiophene rings is 1. The third-order valence-corrected chi connectivity index (χ3v) is 6.90. The zero-order valence-corrected chi connectivity index (χ0v) is 14.1. The van der Waals surface area contributed by atoms with Crippen molar-refractivity contribution in [2.45, 2.75) is 51.1 Å². The zero-order chi connectivity index (χ0) is 14.8. The Morgan fingerprint density at radius 2 is 2.25 bits per heavy atom. The average molecular weight is 316 g/mol. The molecular formula is C14H24N2O2S2. The van der Waals surface area contributed by atoms with E-state index < -0.39 is 10.0 Å². The van der Waals surface area contributed by atoms with Crippen molar-refractivity contribution >= 4 is 21.4 Å². The molecule has 114 valence electrons. The van der Waals surface area contributed by atoms with Crippen molar-refractivity contribution in [1.82, 2.24) is 9.62 Å². The van der Waals surface area contributed by atoms with E-state index in [-0.39, 0.29) is 6.04 Å². The van der Waals surface area contributed by atoms with E-state index in [1.165, 1.54) is 11.3 Å². The van der Waals surface area contributed by atoms with Gasteiger partial charge in [-0.25, -0.2) is 8.42 Å². The van der Waals surface area contributed by atoms with Crippen LogP contribution in [0.1, 0.15) is 38.5 Å². The first-order valence-electron chi connectivity index (χ1n) is 7.27. The quantitative estimate of drug-likeness (QED) is 0.878. The molecule has 4 nitrogen and oxygen atoms in total. The topological polar surface area (TPSA) is 49.4 Å². The molecule has 2 rings (SSSR count). The molecule has 1 aliphatic heterocycles. The van der Waals surface area contributed by atoms with Crippen molar-refractivity contribution in [2.24, 2.45) is 5.92 Å². The molecule has 1 atom stereocenters. The van der Waals surface area contributed by atoms with Crippen LogP contribution in [-0.2, 0) is 16.6 Å². The zero-order valence-electron chi connectivity index (χ0n) is 12.4. The summed E-state index contributed by atoms with van der Waals surface area (Å²) in [7, 11) is -3.35. The lowest BCUT2D eigenvalue weighted by atomic mass is 10.0. The minimum Gasteiger partial charge on any atom is -0.312 e. The van der Waals surface area contributed by atoms with Gasteiger partial charge in [0.15, 0.2) is 0 Å². The number of sulfonamides is 1. The van der Waals surface area contributed by atoms with E-state index in [1.54, 1.807) is 10.4 Å². The van der Waals surface area contributed by atoms with Gasteiger partial charge in [-0.2, -0.15) is 4.31 Å². The second-order valence-electron chi connectivity index (χ2n) is 5.56. The van der Waals surface area contributed by atoms with Crippen LogP contribution in [0, 0.1) is 5.92 Å². The Labute approximate surface area is 126 Å². The molecule has 2 heterocycles. The molecule has 1 fully saturated rings. The average Bonchev–Trinajstić information content (AvgIpc) is 3.05. The highest BCUT2D eigenvalue weighted by Crippen LogP contribution is 2.33. The van der Waals surface area contributed by atoms with Crippen LogP contribution in [-0.4, -0.2) is 31.9 Å². The van der Waals surface area contributed by atoms with Gasteiger partial charge in [0.05, 0.1) is 4.90 Å². The summed E-state index contributed by atoms with van der Waals surface area (Å²) < 4.78 is 27.5. The standard InChI is InChI=1S/C14H24N2O2S2/c1-4-15-10-13-14(7-9-19-13)20(17,18)16-8-5-6-12(16)11(2)3/h7,9,11-12,15H,4-6,8,10H2,1-3H3. The summed E-state index contributed by atoms with van der Waals surface area (Å²) in [6, 6.07) is 1.90. The Hall–Kier alpha value is -0.430. The van der Waals surface area contributed by atoms with Gasteiger partial charge in [0, 0.05) is 24.0 Å². The Kier molecular flexibility index (Phi) is 5.23. The van der Waals surface area contributed by atoms with E-state index in [2.05, 4.69) is 19.2 Å². The molecule has 0 aromatic carbocycles. The van der Waals surface area contributed by atoms with Gasteiger partial charge in [-0.1, -0.05) is 20.8 Å². The molecule has 0 amide bonds. The normalized spacial score (nSPS) is 20.9. The number of nitrogens with zero attached hydrogens (tertiary/aromatic N) is 1. The van der Waals surface area contributed by atoms with Gasteiger partial charge in [0.25, 0.3) is 0 Å². The van der Waals surface area contributed by atoms with E-state index in [0.29, 0.717) is 23.9 Å². The lowest BCUT2D eigenvalue weighted by Gasteiger charge is -2.27. The molecule has 0 radical (unpaired) electrons. The summed E-state index contributed by atoms with van der Waals surface area (Å²) in [5.41, 5.74) is 0. The maximum absolute atomic E-state index is 12.9. The van der Waals surface area contributed by atoms with Crippen molar-refractivity contribution in [3.05, 3.63) is 16.3 Å². The second-order valence-corrected chi connectivity index (χ2v) is 8.42. The van der Waals surface area contributed by atoms with Crippen LogP contribution in [0.3, 0.4) is 0 Å². The predicted molar refractivity (Wildman–Crippen MR) is 83.5 cm³/mol. The number of nitrogens with one attached hydrogen (secondary N) is 1. The lowest BCUT2D eigenvalue weighted by molar-refractivity contribution is 0.315. The first-order chi connectivity index (χ1) is 9.48. The molecule has 0 saturated carbocycles. The fourth-order valence-corrected chi connectivity index (χ4v) is 5.99. The summed E-state index contributed by atoms with van der Waals surface area (Å²) in [5, 5.41) is 5.09. The Bertz CT molecular complexity index is 537. The largest absolute Gasteiger partial charge is 0.312 e. The van der Waals surface area contributed by atoms with Gasteiger partial charge in [0.2, 0.25) is 10.0 Å². The van der Waals surface area contributed by atoms with Crippen molar-refractivity contribution < 1.29 is 8.42 Å². The van der Waals surface area contributed by atoms with Crippen LogP contribution < -0.4 is 5.32 Å². The van der Waals surface area contributed by atoms with E-state index >= 15 is 0 Å². The van der Waals surface area contributed by atoms with Crippen LogP contribution in [0.15, 0.2) is 16.3 Å². The lowest BCUT2D eigenvalue weighted by Crippen LogP contribution is -2.38. The molecular weight excluding hydrogens is 292 g/mol. The highest BCUT2D eigenvalue weighted by molar-refractivity contribution is 7.89. The van der Waals surface area contributed by atoms with Crippen molar-refractivity contribution in [2.75, 3.05) is 13.1 Å². The fourth-order valence-electron chi connectivity index (χ4n) is 2.78. The SMILES string of the molecule is CCNCc1sccc1S(=O)(=O)N1CCCC1C(C)C. The van der Waals surface area contributed by atoms with Gasteiger partial charge in [-0.15, -0.1) is 11.3 Å². The fraction of sp³-hybridized carbons (Fsp3) is 0.714. The Morgan fingerprint density at radius 1 is 1.50 bits per heavy atom. The summed E-state index contributed by atoms with van der Waals surface area (Å²) in [5.74, 6) is 0.364. The third kappa shape index (κ3) is 3.08. The maximum atomic E-state index is 12.9. The Balaban J connectivity index is 2.28. The van der Waals surface area contributed by atoms with E-state index in [0.717, 1.165) is 24.3 Å². The van der Waals surface area contributed by atoms with E-state index in [1.807, 2.05) is 12.3 Å². The first-order valence-corrected chi connectivity index (χ1v) is 9.59. The molecule has 0 aliphatic carbocycles. The van der Waals surface area contributed by atoms with Gasteiger partial charge < -0.3 is 5.32 Å². The van der Waals surface area contributed by atoms with E-state index in [9.17, 15) is 8.42 Å². The summed E-state index contributed by atoms with van der Waals surface area (Å²) in [4.78, 5) is 1.41. The van der Waals surface area contributed by atoms with Gasteiger partial charge in [0.1, 0.15) is 0 Å². The first kappa shape index (κ1) is 15.9. The number of hydrogen-bond acceptors (Lipinski definition) is 4. The molecule has 0 spiro atoms. The second kappa shape index (κ2) is 6.56. The molecule has 1 unspecified atom stereocenters. The molecule has 6 heteroatoms. The summed E-state index contributed by atoms with van der Waals surface area (Å²) in [6.07, 6.45) is 1.94. The molecule has 20 heavy (non-hydrogen) atoms. The summed E-state index contributed by atoms with van der Waals surface area (Å²) >= 11 is 1.52. The minimum absolute atomic E-state index is 0.145. The number of rotatable bonds is 6. The highest BCUT2D eigenvalue weighted by Gasteiger charge is 2.37. The molecule has 0 bridgehead atoms. The molecule has 1 aromatic heterocycles. The molecule has 1 saturated heterocycles. The Morgan fingerprint density at radius 3 is 2.90 bits per heavy atom. The highest BCUT2D eigenvalue weighted by atomic mass is 32.2. The van der Waals surface area contributed by atoms with Crippen LogP contribution in [0.4, 0.5) is 0 Å².